The Morgan fingerprint density at radius 3 is 2.62 bits per heavy atom. The minimum atomic E-state index is 0.558. The van der Waals surface area contributed by atoms with Gasteiger partial charge in [0.25, 0.3) is 0 Å². The van der Waals surface area contributed by atoms with Gasteiger partial charge in [-0.2, -0.15) is 0 Å². The highest BCUT2D eigenvalue weighted by atomic mass is 16.5. The van der Waals surface area contributed by atoms with E-state index >= 15 is 0 Å². The Labute approximate surface area is 95.7 Å². The van der Waals surface area contributed by atoms with Crippen LogP contribution in [0.3, 0.4) is 0 Å². The molecule has 84 valence electrons. The van der Waals surface area contributed by atoms with Gasteiger partial charge in [0, 0.05) is 7.05 Å². The lowest BCUT2D eigenvalue weighted by Crippen LogP contribution is -2.03. The molecule has 0 fully saturated rings. The second-order valence-electron chi connectivity index (χ2n) is 3.91. The molecule has 0 bridgehead atoms. The Balaban J connectivity index is 2.08. The van der Waals surface area contributed by atoms with Gasteiger partial charge < -0.3 is 9.30 Å². The van der Waals surface area contributed by atoms with Crippen LogP contribution < -0.4 is 4.74 Å². The predicted octanol–water partition coefficient (Wildman–Crippen LogP) is 2.62. The number of aromatic nitrogens is 2. The van der Waals surface area contributed by atoms with Crippen molar-refractivity contribution in [3.63, 3.8) is 0 Å². The van der Waals surface area contributed by atoms with E-state index in [1.807, 2.05) is 55.9 Å². The molecule has 0 atom stereocenters. The van der Waals surface area contributed by atoms with E-state index in [0.717, 1.165) is 22.8 Å². The maximum absolute atomic E-state index is 5.76. The topological polar surface area (TPSA) is 27.1 Å². The number of aryl methyl sites for hydroxylation is 2. The molecule has 0 amide bonds. The first-order valence-corrected chi connectivity index (χ1v) is 5.34. The van der Waals surface area contributed by atoms with Crippen molar-refractivity contribution in [3.05, 3.63) is 47.5 Å². The van der Waals surface area contributed by atoms with Crippen molar-refractivity contribution in [1.29, 1.82) is 0 Å². The average Bonchev–Trinajstić information content (AvgIpc) is 2.59. The molecule has 1 aromatic heterocycles. The zero-order valence-corrected chi connectivity index (χ0v) is 9.90. The lowest BCUT2D eigenvalue weighted by atomic mass is 10.2. The molecule has 3 heteroatoms. The summed E-state index contributed by atoms with van der Waals surface area (Å²) < 4.78 is 7.80. The minimum absolute atomic E-state index is 0.558. The Hall–Kier alpha value is -1.77. The standard InChI is InChI=1S/C13H16N2O/c1-10-6-4-5-7-13(10)16-9-12-8-14-11(2)15(12)3/h4-8H,9H2,1-3H3. The van der Waals surface area contributed by atoms with Crippen LogP contribution in [-0.4, -0.2) is 9.55 Å². The maximum atomic E-state index is 5.76. The molecule has 1 heterocycles. The van der Waals surface area contributed by atoms with Crippen LogP contribution in [0.25, 0.3) is 0 Å². The number of benzene rings is 1. The second-order valence-corrected chi connectivity index (χ2v) is 3.91. The van der Waals surface area contributed by atoms with E-state index in [1.165, 1.54) is 0 Å². The van der Waals surface area contributed by atoms with Crippen LogP contribution >= 0.6 is 0 Å². The fraction of sp³-hybridized carbons (Fsp3) is 0.308. The number of hydrogen-bond acceptors (Lipinski definition) is 2. The monoisotopic (exact) mass is 216 g/mol. The van der Waals surface area contributed by atoms with E-state index in [2.05, 4.69) is 4.98 Å². The average molecular weight is 216 g/mol. The summed E-state index contributed by atoms with van der Waals surface area (Å²) in [5.74, 6) is 1.93. The normalized spacial score (nSPS) is 10.4. The lowest BCUT2D eigenvalue weighted by Gasteiger charge is -2.09. The molecule has 0 aliphatic heterocycles. The van der Waals surface area contributed by atoms with Crippen molar-refractivity contribution in [2.24, 2.45) is 7.05 Å². The summed E-state index contributed by atoms with van der Waals surface area (Å²) in [5.41, 5.74) is 2.24. The van der Waals surface area contributed by atoms with Crippen LogP contribution in [0.2, 0.25) is 0 Å². The van der Waals surface area contributed by atoms with E-state index in [9.17, 15) is 0 Å². The molecular weight excluding hydrogens is 200 g/mol. The predicted molar refractivity (Wildman–Crippen MR) is 63.5 cm³/mol. The van der Waals surface area contributed by atoms with Gasteiger partial charge in [-0.15, -0.1) is 0 Å². The van der Waals surface area contributed by atoms with Gasteiger partial charge in [-0.3, -0.25) is 0 Å². The summed E-state index contributed by atoms with van der Waals surface area (Å²) in [6, 6.07) is 8.02. The summed E-state index contributed by atoms with van der Waals surface area (Å²) in [4.78, 5) is 4.23. The zero-order valence-electron chi connectivity index (χ0n) is 9.90. The molecular formula is C13H16N2O. The molecule has 0 aliphatic rings. The van der Waals surface area contributed by atoms with Crippen molar-refractivity contribution in [1.82, 2.24) is 9.55 Å². The van der Waals surface area contributed by atoms with E-state index in [0.29, 0.717) is 6.61 Å². The van der Waals surface area contributed by atoms with E-state index in [1.54, 1.807) is 0 Å². The van der Waals surface area contributed by atoms with Gasteiger partial charge >= 0.3 is 0 Å². The Morgan fingerprint density at radius 2 is 2.00 bits per heavy atom. The maximum Gasteiger partial charge on any atom is 0.130 e. The van der Waals surface area contributed by atoms with Crippen LogP contribution in [0.5, 0.6) is 5.75 Å². The molecule has 0 saturated heterocycles. The van der Waals surface area contributed by atoms with Crippen LogP contribution in [0.1, 0.15) is 17.1 Å². The largest absolute Gasteiger partial charge is 0.487 e. The number of hydrogen-bond donors (Lipinski definition) is 0. The van der Waals surface area contributed by atoms with Gasteiger partial charge in [0.05, 0.1) is 11.9 Å². The minimum Gasteiger partial charge on any atom is -0.487 e. The van der Waals surface area contributed by atoms with Crippen molar-refractivity contribution in [2.75, 3.05) is 0 Å². The SMILES string of the molecule is Cc1ccccc1OCc1cnc(C)n1C. The van der Waals surface area contributed by atoms with Crippen LogP contribution in [0.15, 0.2) is 30.5 Å². The first kappa shape index (κ1) is 10.7. The van der Waals surface area contributed by atoms with Crippen molar-refractivity contribution < 1.29 is 4.74 Å². The highest BCUT2D eigenvalue weighted by molar-refractivity contribution is 5.31. The van der Waals surface area contributed by atoms with Crippen molar-refractivity contribution in [3.8, 4) is 5.75 Å². The summed E-state index contributed by atoms with van der Waals surface area (Å²) in [7, 11) is 2.00. The summed E-state index contributed by atoms with van der Waals surface area (Å²) in [5, 5.41) is 0. The molecule has 0 saturated carbocycles. The lowest BCUT2D eigenvalue weighted by molar-refractivity contribution is 0.295. The van der Waals surface area contributed by atoms with Crippen LogP contribution in [0.4, 0.5) is 0 Å². The molecule has 2 rings (SSSR count). The number of rotatable bonds is 3. The van der Waals surface area contributed by atoms with Crippen LogP contribution in [0, 0.1) is 13.8 Å². The van der Waals surface area contributed by atoms with Crippen molar-refractivity contribution in [2.45, 2.75) is 20.5 Å². The highest BCUT2D eigenvalue weighted by Crippen LogP contribution is 2.17. The third-order valence-corrected chi connectivity index (χ3v) is 2.79. The van der Waals surface area contributed by atoms with Gasteiger partial charge in [-0.25, -0.2) is 4.98 Å². The van der Waals surface area contributed by atoms with E-state index in [4.69, 9.17) is 4.74 Å². The number of imidazole rings is 1. The molecule has 3 nitrogen and oxygen atoms in total. The molecule has 0 N–H and O–H groups in total. The van der Waals surface area contributed by atoms with E-state index < -0.39 is 0 Å². The quantitative estimate of drug-likeness (QED) is 0.788. The Morgan fingerprint density at radius 1 is 1.25 bits per heavy atom. The molecule has 1 aromatic carbocycles. The number of para-hydroxylation sites is 1. The fourth-order valence-electron chi connectivity index (χ4n) is 1.55. The number of nitrogens with zero attached hydrogens (tertiary/aromatic N) is 2. The molecule has 2 aromatic rings. The van der Waals surface area contributed by atoms with Gasteiger partial charge in [0.1, 0.15) is 18.2 Å². The first-order chi connectivity index (χ1) is 7.68. The van der Waals surface area contributed by atoms with Crippen molar-refractivity contribution >= 4 is 0 Å². The number of ether oxygens (including phenoxy) is 1. The van der Waals surface area contributed by atoms with Crippen LogP contribution in [-0.2, 0) is 13.7 Å². The Bertz CT molecular complexity index is 488. The van der Waals surface area contributed by atoms with Gasteiger partial charge in [-0.1, -0.05) is 18.2 Å². The first-order valence-electron chi connectivity index (χ1n) is 5.34. The van der Waals surface area contributed by atoms with Gasteiger partial charge in [0.15, 0.2) is 0 Å². The smallest absolute Gasteiger partial charge is 0.130 e. The summed E-state index contributed by atoms with van der Waals surface area (Å²) >= 11 is 0. The van der Waals surface area contributed by atoms with Gasteiger partial charge in [-0.05, 0) is 25.5 Å². The molecule has 0 unspecified atom stereocenters. The van der Waals surface area contributed by atoms with Gasteiger partial charge in [0.2, 0.25) is 0 Å². The zero-order chi connectivity index (χ0) is 11.5. The Kier molecular flexibility index (Phi) is 2.95. The molecule has 16 heavy (non-hydrogen) atoms. The fourth-order valence-corrected chi connectivity index (χ4v) is 1.55. The third-order valence-electron chi connectivity index (χ3n) is 2.79. The molecule has 0 spiro atoms. The van der Waals surface area contributed by atoms with E-state index in [-0.39, 0.29) is 0 Å². The highest BCUT2D eigenvalue weighted by Gasteiger charge is 2.04. The second kappa shape index (κ2) is 4.39. The summed E-state index contributed by atoms with van der Waals surface area (Å²) in [6.45, 7) is 4.59. The molecule has 0 radical (unpaired) electrons. The molecule has 0 aliphatic carbocycles. The third kappa shape index (κ3) is 2.08. The summed E-state index contributed by atoms with van der Waals surface area (Å²) in [6.07, 6.45) is 1.85.